The van der Waals surface area contributed by atoms with E-state index in [4.69, 9.17) is 5.21 Å². The van der Waals surface area contributed by atoms with Crippen LogP contribution in [0.5, 0.6) is 0 Å². The second kappa shape index (κ2) is 6.72. The van der Waals surface area contributed by atoms with Crippen LogP contribution < -0.4 is 5.48 Å². The molecule has 1 aromatic carbocycles. The molecule has 2 N–H and O–H groups in total. The van der Waals surface area contributed by atoms with Gasteiger partial charge in [-0.1, -0.05) is 29.8 Å². The van der Waals surface area contributed by atoms with Crippen LogP contribution in [0, 0.1) is 12.8 Å². The Labute approximate surface area is 152 Å². The van der Waals surface area contributed by atoms with Crippen LogP contribution in [-0.2, 0) is 19.8 Å². The van der Waals surface area contributed by atoms with Gasteiger partial charge in [0.15, 0.2) is 0 Å². The van der Waals surface area contributed by atoms with Gasteiger partial charge in [-0.3, -0.25) is 19.6 Å². The SMILES string of the molecule is CC(=O)N1CC(C(=O)NO)C(N2CCC(C)(c3ccc(C)cc3)C2=O)C1. The number of hydrogen-bond donors (Lipinski definition) is 2. The first-order chi connectivity index (χ1) is 12.3. The average Bonchev–Trinajstić information content (AvgIpc) is 3.18. The lowest BCUT2D eigenvalue weighted by atomic mass is 9.81. The van der Waals surface area contributed by atoms with Gasteiger partial charge in [0.2, 0.25) is 17.7 Å². The first-order valence-electron chi connectivity index (χ1n) is 8.85. The van der Waals surface area contributed by atoms with E-state index in [2.05, 4.69) is 0 Å². The molecule has 2 saturated heterocycles. The summed E-state index contributed by atoms with van der Waals surface area (Å²) in [5, 5.41) is 9.05. The van der Waals surface area contributed by atoms with Crippen LogP contribution in [0.1, 0.15) is 31.4 Å². The summed E-state index contributed by atoms with van der Waals surface area (Å²) >= 11 is 0. The molecule has 3 atom stereocenters. The molecule has 7 nitrogen and oxygen atoms in total. The molecule has 26 heavy (non-hydrogen) atoms. The molecule has 0 bridgehead atoms. The Bertz CT molecular complexity index is 733. The van der Waals surface area contributed by atoms with E-state index in [1.807, 2.05) is 38.1 Å². The summed E-state index contributed by atoms with van der Waals surface area (Å²) in [5.74, 6) is -1.37. The van der Waals surface area contributed by atoms with Gasteiger partial charge in [0.25, 0.3) is 0 Å². The van der Waals surface area contributed by atoms with E-state index in [1.165, 1.54) is 6.92 Å². The number of amides is 3. The zero-order chi connectivity index (χ0) is 19.1. The quantitative estimate of drug-likeness (QED) is 0.618. The van der Waals surface area contributed by atoms with Crippen molar-refractivity contribution in [2.75, 3.05) is 19.6 Å². The standard InChI is InChI=1S/C19H25N3O4/c1-12-4-6-14(7-5-12)19(3)8-9-22(18(19)25)16-11-21(13(2)23)10-15(16)17(24)20-26/h4-7,15-16,26H,8-11H2,1-3H3,(H,20,24). The van der Waals surface area contributed by atoms with Crippen LogP contribution in [0.25, 0.3) is 0 Å². The van der Waals surface area contributed by atoms with Crippen molar-refractivity contribution >= 4 is 17.7 Å². The third kappa shape index (κ3) is 2.96. The maximum Gasteiger partial charge on any atom is 0.250 e. The summed E-state index contributed by atoms with van der Waals surface area (Å²) in [6, 6.07) is 7.51. The van der Waals surface area contributed by atoms with E-state index in [0.29, 0.717) is 19.5 Å². The highest BCUT2D eigenvalue weighted by atomic mass is 16.5. The molecule has 3 rings (SSSR count). The minimum absolute atomic E-state index is 0.0347. The lowest BCUT2D eigenvalue weighted by molar-refractivity contribution is -0.138. The van der Waals surface area contributed by atoms with Crippen molar-refractivity contribution in [2.45, 2.75) is 38.6 Å². The molecule has 3 unspecified atom stereocenters. The first-order valence-corrected chi connectivity index (χ1v) is 8.85. The van der Waals surface area contributed by atoms with E-state index in [-0.39, 0.29) is 18.4 Å². The molecule has 2 aliphatic heterocycles. The summed E-state index contributed by atoms with van der Waals surface area (Å²) < 4.78 is 0. The molecular weight excluding hydrogens is 334 g/mol. The van der Waals surface area contributed by atoms with Gasteiger partial charge in [-0.2, -0.15) is 0 Å². The summed E-state index contributed by atoms with van der Waals surface area (Å²) in [4.78, 5) is 40.4. The zero-order valence-corrected chi connectivity index (χ0v) is 15.4. The van der Waals surface area contributed by atoms with Crippen molar-refractivity contribution in [1.29, 1.82) is 0 Å². The molecular formula is C19H25N3O4. The average molecular weight is 359 g/mol. The fraction of sp³-hybridized carbons (Fsp3) is 0.526. The van der Waals surface area contributed by atoms with E-state index in [9.17, 15) is 14.4 Å². The highest BCUT2D eigenvalue weighted by Crippen LogP contribution is 2.38. The molecule has 2 fully saturated rings. The normalized spacial score (nSPS) is 28.5. The number of aryl methyl sites for hydroxylation is 1. The summed E-state index contributed by atoms with van der Waals surface area (Å²) in [6.45, 7) is 6.41. The van der Waals surface area contributed by atoms with Crippen molar-refractivity contribution < 1.29 is 19.6 Å². The molecule has 3 amide bonds. The lowest BCUT2D eigenvalue weighted by Gasteiger charge is -2.30. The number of rotatable bonds is 3. The van der Waals surface area contributed by atoms with Gasteiger partial charge in [0.05, 0.1) is 17.4 Å². The first kappa shape index (κ1) is 18.4. The molecule has 140 valence electrons. The van der Waals surface area contributed by atoms with Crippen LogP contribution in [0.2, 0.25) is 0 Å². The third-order valence-electron chi connectivity index (χ3n) is 5.86. The Kier molecular flexibility index (Phi) is 4.75. The fourth-order valence-corrected chi connectivity index (χ4v) is 4.08. The Morgan fingerprint density at radius 1 is 1.23 bits per heavy atom. The number of carbonyl (C=O) groups excluding carboxylic acids is 3. The number of nitrogens with zero attached hydrogens (tertiary/aromatic N) is 2. The van der Waals surface area contributed by atoms with Crippen LogP contribution in [0.4, 0.5) is 0 Å². The van der Waals surface area contributed by atoms with Crippen molar-refractivity contribution in [3.63, 3.8) is 0 Å². The topological polar surface area (TPSA) is 89.9 Å². The van der Waals surface area contributed by atoms with Gasteiger partial charge in [0, 0.05) is 26.6 Å². The third-order valence-corrected chi connectivity index (χ3v) is 5.86. The van der Waals surface area contributed by atoms with Crippen molar-refractivity contribution in [3.05, 3.63) is 35.4 Å². The number of hydrogen-bond acceptors (Lipinski definition) is 4. The molecule has 0 aliphatic carbocycles. The van der Waals surface area contributed by atoms with E-state index in [1.54, 1.807) is 15.3 Å². The summed E-state index contributed by atoms with van der Waals surface area (Å²) in [5.41, 5.74) is 3.13. The number of hydroxylamine groups is 1. The number of carbonyl (C=O) groups is 3. The van der Waals surface area contributed by atoms with Gasteiger partial charge >= 0.3 is 0 Å². The maximum absolute atomic E-state index is 13.3. The van der Waals surface area contributed by atoms with E-state index < -0.39 is 23.3 Å². The Balaban J connectivity index is 1.87. The zero-order valence-electron chi connectivity index (χ0n) is 15.4. The van der Waals surface area contributed by atoms with Gasteiger partial charge in [-0.15, -0.1) is 0 Å². The van der Waals surface area contributed by atoms with Gasteiger partial charge in [-0.25, -0.2) is 5.48 Å². The predicted molar refractivity (Wildman–Crippen MR) is 94.3 cm³/mol. The second-order valence-electron chi connectivity index (χ2n) is 7.52. The Hall–Kier alpha value is -2.41. The number of benzene rings is 1. The Morgan fingerprint density at radius 2 is 1.88 bits per heavy atom. The second-order valence-corrected chi connectivity index (χ2v) is 7.52. The van der Waals surface area contributed by atoms with E-state index in [0.717, 1.165) is 11.1 Å². The highest BCUT2D eigenvalue weighted by molar-refractivity contribution is 5.91. The van der Waals surface area contributed by atoms with Crippen molar-refractivity contribution in [3.8, 4) is 0 Å². The molecule has 0 aromatic heterocycles. The monoisotopic (exact) mass is 359 g/mol. The molecule has 0 saturated carbocycles. The number of likely N-dealkylation sites (tertiary alicyclic amines) is 2. The fourth-order valence-electron chi connectivity index (χ4n) is 4.08. The van der Waals surface area contributed by atoms with Crippen LogP contribution in [0.3, 0.4) is 0 Å². The Morgan fingerprint density at radius 3 is 2.46 bits per heavy atom. The summed E-state index contributed by atoms with van der Waals surface area (Å²) in [6.07, 6.45) is 0.652. The minimum Gasteiger partial charge on any atom is -0.340 e. The predicted octanol–water partition coefficient (Wildman–Crippen LogP) is 0.837. The summed E-state index contributed by atoms with van der Waals surface area (Å²) in [7, 11) is 0. The van der Waals surface area contributed by atoms with Gasteiger partial charge in [-0.05, 0) is 25.8 Å². The minimum atomic E-state index is -0.641. The van der Waals surface area contributed by atoms with Crippen LogP contribution in [-0.4, -0.2) is 58.4 Å². The maximum atomic E-state index is 13.3. The lowest BCUT2D eigenvalue weighted by Crippen LogP contribution is -2.48. The van der Waals surface area contributed by atoms with E-state index >= 15 is 0 Å². The smallest absolute Gasteiger partial charge is 0.250 e. The van der Waals surface area contributed by atoms with Crippen LogP contribution in [0.15, 0.2) is 24.3 Å². The van der Waals surface area contributed by atoms with Gasteiger partial charge in [0.1, 0.15) is 0 Å². The molecule has 0 radical (unpaired) electrons. The van der Waals surface area contributed by atoms with Gasteiger partial charge < -0.3 is 9.80 Å². The molecule has 2 heterocycles. The molecule has 2 aliphatic rings. The van der Waals surface area contributed by atoms with Crippen molar-refractivity contribution in [2.24, 2.45) is 5.92 Å². The molecule has 1 aromatic rings. The number of nitrogens with one attached hydrogen (secondary N) is 1. The molecule has 0 spiro atoms. The van der Waals surface area contributed by atoms with Crippen molar-refractivity contribution in [1.82, 2.24) is 15.3 Å². The van der Waals surface area contributed by atoms with Crippen LogP contribution >= 0.6 is 0 Å². The molecule has 7 heteroatoms. The highest BCUT2D eigenvalue weighted by Gasteiger charge is 2.51. The largest absolute Gasteiger partial charge is 0.340 e.